The van der Waals surface area contributed by atoms with Crippen LogP contribution in [0.2, 0.25) is 0 Å². The van der Waals surface area contributed by atoms with Crippen LogP contribution in [0.15, 0.2) is 12.2 Å². The topological polar surface area (TPSA) is 29.3 Å². The van der Waals surface area contributed by atoms with Crippen LogP contribution in [-0.2, 0) is 0 Å². The summed E-state index contributed by atoms with van der Waals surface area (Å²) >= 11 is 0. The molecule has 2 N–H and O–H groups in total. The molecule has 0 radical (unpaired) electrons. The van der Waals surface area contributed by atoms with Crippen molar-refractivity contribution in [1.29, 1.82) is 0 Å². The summed E-state index contributed by atoms with van der Waals surface area (Å²) in [6.45, 7) is 4.48. The summed E-state index contributed by atoms with van der Waals surface area (Å²) in [5.41, 5.74) is 6.32. The van der Waals surface area contributed by atoms with Gasteiger partial charge in [0.05, 0.1) is 5.66 Å². The van der Waals surface area contributed by atoms with Crippen molar-refractivity contribution in [2.24, 2.45) is 5.73 Å². The quantitative estimate of drug-likeness (QED) is 0.163. The third-order valence-corrected chi connectivity index (χ3v) is 5.62. The van der Waals surface area contributed by atoms with Crippen molar-refractivity contribution < 1.29 is 0 Å². The minimum absolute atomic E-state index is 0.0964. The first kappa shape index (κ1) is 24.7. The van der Waals surface area contributed by atoms with E-state index in [-0.39, 0.29) is 5.66 Å². The van der Waals surface area contributed by atoms with Gasteiger partial charge in [0.1, 0.15) is 0 Å². The Hall–Kier alpha value is -0.340. The molecule has 0 aliphatic carbocycles. The average Bonchev–Trinajstić information content (AvgIpc) is 2.61. The van der Waals surface area contributed by atoms with Crippen LogP contribution >= 0.6 is 0 Å². The molecule has 0 aromatic rings. The summed E-state index contributed by atoms with van der Waals surface area (Å²) in [6.07, 6.45) is 26.1. The minimum Gasteiger partial charge on any atom is -0.313 e. The SMILES string of the molecule is CCCCCCCCC=CCCCCCCCCC(N)(CC)N(C)C. The highest BCUT2D eigenvalue weighted by molar-refractivity contribution is 4.81. The monoisotopic (exact) mass is 352 g/mol. The lowest BCUT2D eigenvalue weighted by molar-refractivity contribution is 0.136. The summed E-state index contributed by atoms with van der Waals surface area (Å²) in [4.78, 5) is 2.19. The van der Waals surface area contributed by atoms with Crippen molar-refractivity contribution in [3.05, 3.63) is 12.2 Å². The molecule has 0 spiro atoms. The van der Waals surface area contributed by atoms with E-state index in [0.29, 0.717) is 0 Å². The van der Waals surface area contributed by atoms with Gasteiger partial charge in [-0.3, -0.25) is 4.90 Å². The van der Waals surface area contributed by atoms with Gasteiger partial charge in [0.15, 0.2) is 0 Å². The molecule has 0 saturated heterocycles. The zero-order chi connectivity index (χ0) is 18.8. The number of hydrogen-bond donors (Lipinski definition) is 1. The summed E-state index contributed by atoms with van der Waals surface area (Å²) in [5.74, 6) is 0. The van der Waals surface area contributed by atoms with Crippen LogP contribution in [0.5, 0.6) is 0 Å². The molecule has 0 amide bonds. The Bertz CT molecular complexity index is 298. The van der Waals surface area contributed by atoms with Gasteiger partial charge in [0.2, 0.25) is 0 Å². The van der Waals surface area contributed by atoms with Gasteiger partial charge in [0, 0.05) is 0 Å². The first-order valence-electron chi connectivity index (χ1n) is 11.2. The van der Waals surface area contributed by atoms with Crippen LogP contribution in [-0.4, -0.2) is 24.7 Å². The third-order valence-electron chi connectivity index (χ3n) is 5.62. The van der Waals surface area contributed by atoms with Crippen molar-refractivity contribution in [3.63, 3.8) is 0 Å². The number of nitrogens with two attached hydrogens (primary N) is 1. The fourth-order valence-corrected chi connectivity index (χ4v) is 3.40. The maximum atomic E-state index is 6.42. The molecule has 0 fully saturated rings. The van der Waals surface area contributed by atoms with Gasteiger partial charge >= 0.3 is 0 Å². The van der Waals surface area contributed by atoms with Gasteiger partial charge in [0.25, 0.3) is 0 Å². The average molecular weight is 353 g/mol. The van der Waals surface area contributed by atoms with Crippen molar-refractivity contribution in [2.45, 2.75) is 122 Å². The van der Waals surface area contributed by atoms with Crippen LogP contribution in [0.3, 0.4) is 0 Å². The zero-order valence-electron chi connectivity index (χ0n) is 18.0. The number of nitrogens with zero attached hydrogens (tertiary/aromatic N) is 1. The van der Waals surface area contributed by atoms with E-state index in [1.807, 2.05) is 0 Å². The Labute approximate surface area is 159 Å². The Morgan fingerprint density at radius 2 is 1.12 bits per heavy atom. The second kappa shape index (κ2) is 17.1. The number of unbranched alkanes of at least 4 members (excludes halogenated alkanes) is 12. The first-order valence-corrected chi connectivity index (χ1v) is 11.2. The van der Waals surface area contributed by atoms with Gasteiger partial charge in [-0.25, -0.2) is 0 Å². The molecule has 0 rings (SSSR count). The largest absolute Gasteiger partial charge is 0.313 e. The second-order valence-corrected chi connectivity index (χ2v) is 8.04. The van der Waals surface area contributed by atoms with Gasteiger partial charge in [-0.1, -0.05) is 90.2 Å². The van der Waals surface area contributed by atoms with Crippen molar-refractivity contribution in [2.75, 3.05) is 14.1 Å². The molecule has 0 aliphatic heterocycles. The number of rotatable bonds is 18. The van der Waals surface area contributed by atoms with E-state index in [2.05, 4.69) is 45.0 Å². The molecule has 150 valence electrons. The third kappa shape index (κ3) is 14.5. The van der Waals surface area contributed by atoms with E-state index < -0.39 is 0 Å². The van der Waals surface area contributed by atoms with Crippen molar-refractivity contribution >= 4 is 0 Å². The number of hydrogen-bond acceptors (Lipinski definition) is 2. The molecule has 25 heavy (non-hydrogen) atoms. The Kier molecular flexibility index (Phi) is 16.9. The Morgan fingerprint density at radius 3 is 1.56 bits per heavy atom. The normalized spacial score (nSPS) is 14.5. The van der Waals surface area contributed by atoms with Crippen LogP contribution in [0.1, 0.15) is 117 Å². The van der Waals surface area contributed by atoms with Gasteiger partial charge in [-0.05, 0) is 52.6 Å². The summed E-state index contributed by atoms with van der Waals surface area (Å²) in [6, 6.07) is 0. The van der Waals surface area contributed by atoms with Crippen molar-refractivity contribution in [3.8, 4) is 0 Å². The molecule has 0 heterocycles. The highest BCUT2D eigenvalue weighted by Crippen LogP contribution is 2.19. The highest BCUT2D eigenvalue weighted by atomic mass is 15.2. The van der Waals surface area contributed by atoms with Crippen molar-refractivity contribution in [1.82, 2.24) is 4.90 Å². The highest BCUT2D eigenvalue weighted by Gasteiger charge is 2.23. The zero-order valence-corrected chi connectivity index (χ0v) is 18.0. The molecule has 2 heteroatoms. The summed E-state index contributed by atoms with van der Waals surface area (Å²) < 4.78 is 0. The fraction of sp³-hybridized carbons (Fsp3) is 0.913. The molecule has 0 aromatic heterocycles. The Balaban J connectivity index is 3.32. The van der Waals surface area contributed by atoms with E-state index in [1.165, 1.54) is 89.9 Å². The van der Waals surface area contributed by atoms with Crippen LogP contribution < -0.4 is 5.73 Å². The van der Waals surface area contributed by atoms with Crippen LogP contribution in [0.25, 0.3) is 0 Å². The maximum absolute atomic E-state index is 6.42. The van der Waals surface area contributed by atoms with E-state index in [9.17, 15) is 0 Å². The molecular formula is C23H48N2. The van der Waals surface area contributed by atoms with Gasteiger partial charge in [-0.15, -0.1) is 0 Å². The lowest BCUT2D eigenvalue weighted by atomic mass is 9.97. The Morgan fingerprint density at radius 1 is 0.680 bits per heavy atom. The maximum Gasteiger partial charge on any atom is 0.0679 e. The molecule has 2 nitrogen and oxygen atoms in total. The molecule has 1 unspecified atom stereocenters. The van der Waals surface area contributed by atoms with Crippen LogP contribution in [0.4, 0.5) is 0 Å². The lowest BCUT2D eigenvalue weighted by Crippen LogP contribution is -2.51. The predicted molar refractivity (Wildman–Crippen MR) is 115 cm³/mol. The van der Waals surface area contributed by atoms with E-state index in [4.69, 9.17) is 5.73 Å². The van der Waals surface area contributed by atoms with Crippen LogP contribution in [0, 0.1) is 0 Å². The van der Waals surface area contributed by atoms with E-state index in [1.54, 1.807) is 0 Å². The molecular weight excluding hydrogens is 304 g/mol. The fourth-order valence-electron chi connectivity index (χ4n) is 3.40. The van der Waals surface area contributed by atoms with E-state index >= 15 is 0 Å². The molecule has 1 atom stereocenters. The lowest BCUT2D eigenvalue weighted by Gasteiger charge is -2.35. The van der Waals surface area contributed by atoms with E-state index in [0.717, 1.165) is 12.8 Å². The molecule has 0 aliphatic rings. The predicted octanol–water partition coefficient (Wildman–Crippen LogP) is 7.04. The molecule has 0 aromatic carbocycles. The number of allylic oxidation sites excluding steroid dienone is 2. The summed E-state index contributed by atoms with van der Waals surface area (Å²) in [7, 11) is 4.20. The minimum atomic E-state index is -0.0964. The second-order valence-electron chi connectivity index (χ2n) is 8.04. The first-order chi connectivity index (χ1) is 12.1. The van der Waals surface area contributed by atoms with Gasteiger partial charge in [-0.2, -0.15) is 0 Å². The summed E-state index contributed by atoms with van der Waals surface area (Å²) in [5, 5.41) is 0. The van der Waals surface area contributed by atoms with Gasteiger partial charge < -0.3 is 5.73 Å². The molecule has 0 saturated carbocycles. The molecule has 0 bridgehead atoms. The smallest absolute Gasteiger partial charge is 0.0679 e. The standard InChI is InChI=1S/C23H48N2/c1-5-7-8-9-10-11-12-13-14-15-16-17-18-19-20-21-22-23(24,6-2)25(3)4/h13-14H,5-12,15-22,24H2,1-4H3.